The minimum Gasteiger partial charge on any atom is -0.465 e. The van der Waals surface area contributed by atoms with E-state index >= 15 is 0 Å². The second kappa shape index (κ2) is 8.79. The molecule has 0 spiro atoms. The predicted molar refractivity (Wildman–Crippen MR) is 127 cm³/mol. The van der Waals surface area contributed by atoms with Crippen LogP contribution in [0, 0.1) is 13.8 Å². The average Bonchev–Trinajstić information content (AvgIpc) is 3.14. The lowest BCUT2D eigenvalue weighted by molar-refractivity contribution is 0.0601. The number of nitrogens with zero attached hydrogens (tertiary/aromatic N) is 2. The minimum atomic E-state index is -0.688. The zero-order chi connectivity index (χ0) is 23.7. The fourth-order valence-corrected chi connectivity index (χ4v) is 4.64. The number of para-hydroxylation sites is 1. The predicted octanol–water partition coefficient (Wildman–Crippen LogP) is 4.11. The summed E-state index contributed by atoms with van der Waals surface area (Å²) in [6, 6.07) is 10.9. The number of esters is 1. The van der Waals surface area contributed by atoms with E-state index in [1.54, 1.807) is 31.5 Å². The number of primary amides is 1. The highest BCUT2D eigenvalue weighted by Crippen LogP contribution is 2.34. The highest BCUT2D eigenvalue weighted by molar-refractivity contribution is 7.18. The second-order valence-electron chi connectivity index (χ2n) is 7.34. The molecule has 8 nitrogen and oxygen atoms in total. The van der Waals surface area contributed by atoms with Crippen LogP contribution in [-0.4, -0.2) is 34.9 Å². The maximum atomic E-state index is 13.5. The van der Waals surface area contributed by atoms with Gasteiger partial charge < -0.3 is 15.8 Å². The molecule has 9 heteroatoms. The number of amides is 2. The number of nitrogens with two attached hydrogens (primary N) is 1. The molecular weight excluding hydrogens is 440 g/mol. The van der Waals surface area contributed by atoms with Crippen LogP contribution in [0.4, 0.5) is 5.00 Å². The maximum Gasteiger partial charge on any atom is 0.341 e. The molecule has 4 aromatic rings. The fraction of sp³-hybridized carbons (Fsp3) is 0.125. The lowest BCUT2D eigenvalue weighted by Gasteiger charge is -2.12. The molecule has 0 atom stereocenters. The number of nitrogens with one attached hydrogen (secondary N) is 1. The lowest BCUT2D eigenvalue weighted by atomic mass is 10.0. The number of fused-ring (bicyclic) bond motifs is 1. The molecule has 3 aromatic heterocycles. The molecule has 0 aliphatic heterocycles. The Morgan fingerprint density at radius 1 is 1.12 bits per heavy atom. The Hall–Kier alpha value is -4.11. The lowest BCUT2D eigenvalue weighted by Crippen LogP contribution is -2.15. The quantitative estimate of drug-likeness (QED) is 0.432. The van der Waals surface area contributed by atoms with Crippen molar-refractivity contribution in [2.75, 3.05) is 12.4 Å². The summed E-state index contributed by atoms with van der Waals surface area (Å²) < 4.78 is 4.85. The Balaban J connectivity index is 1.86. The number of aromatic nitrogens is 2. The van der Waals surface area contributed by atoms with Crippen molar-refractivity contribution in [3.63, 3.8) is 0 Å². The number of carbonyl (C=O) groups excluding carboxylic acids is 3. The van der Waals surface area contributed by atoms with Gasteiger partial charge in [0.25, 0.3) is 11.8 Å². The molecule has 3 N–H and O–H groups in total. The van der Waals surface area contributed by atoms with E-state index in [2.05, 4.69) is 10.3 Å². The molecule has 1 aromatic carbocycles. The molecule has 0 radical (unpaired) electrons. The van der Waals surface area contributed by atoms with E-state index in [1.165, 1.54) is 7.11 Å². The van der Waals surface area contributed by atoms with Crippen LogP contribution in [0.15, 0.2) is 48.8 Å². The summed E-state index contributed by atoms with van der Waals surface area (Å²) in [4.78, 5) is 46.7. The number of rotatable bonds is 5. The average molecular weight is 461 g/mol. The van der Waals surface area contributed by atoms with Gasteiger partial charge in [-0.2, -0.15) is 0 Å². The van der Waals surface area contributed by atoms with E-state index in [0.717, 1.165) is 22.5 Å². The van der Waals surface area contributed by atoms with Crippen molar-refractivity contribution in [2.45, 2.75) is 13.8 Å². The maximum absolute atomic E-state index is 13.5. The number of methoxy groups -OCH3 is 1. The molecule has 0 saturated heterocycles. The summed E-state index contributed by atoms with van der Waals surface area (Å²) in [5, 5.41) is 3.62. The van der Waals surface area contributed by atoms with Gasteiger partial charge in [0.1, 0.15) is 5.00 Å². The Kier molecular flexibility index (Phi) is 5.89. The van der Waals surface area contributed by atoms with Crippen LogP contribution in [0.1, 0.15) is 41.5 Å². The first kappa shape index (κ1) is 22.1. The van der Waals surface area contributed by atoms with Crippen molar-refractivity contribution in [3.05, 3.63) is 75.9 Å². The third-order valence-electron chi connectivity index (χ3n) is 5.23. The van der Waals surface area contributed by atoms with Crippen molar-refractivity contribution in [1.29, 1.82) is 0 Å². The molecule has 0 bridgehead atoms. The first-order valence-electron chi connectivity index (χ1n) is 9.95. The summed E-state index contributed by atoms with van der Waals surface area (Å²) in [7, 11) is 1.23. The van der Waals surface area contributed by atoms with Crippen molar-refractivity contribution < 1.29 is 19.1 Å². The van der Waals surface area contributed by atoms with Crippen LogP contribution in [0.25, 0.3) is 22.2 Å². The molecule has 2 amide bonds. The van der Waals surface area contributed by atoms with Crippen molar-refractivity contribution >= 4 is 45.0 Å². The summed E-state index contributed by atoms with van der Waals surface area (Å²) in [6.07, 6.45) is 3.33. The van der Waals surface area contributed by atoms with Gasteiger partial charge in [0.05, 0.1) is 34.3 Å². The fourth-order valence-electron chi connectivity index (χ4n) is 3.60. The van der Waals surface area contributed by atoms with Crippen LogP contribution in [0.5, 0.6) is 0 Å². The van der Waals surface area contributed by atoms with Gasteiger partial charge in [-0.15, -0.1) is 11.3 Å². The SMILES string of the molecule is COC(=O)c1c(NC(=O)c2cc(-c3cccnc3)nc3c(C)cccc23)sc(C(N)=O)c1C. The van der Waals surface area contributed by atoms with Gasteiger partial charge in [0.2, 0.25) is 0 Å². The first-order chi connectivity index (χ1) is 15.8. The highest BCUT2D eigenvalue weighted by atomic mass is 32.1. The molecule has 3 heterocycles. The van der Waals surface area contributed by atoms with E-state index in [4.69, 9.17) is 15.5 Å². The van der Waals surface area contributed by atoms with E-state index in [-0.39, 0.29) is 15.4 Å². The topological polar surface area (TPSA) is 124 Å². The summed E-state index contributed by atoms with van der Waals surface area (Å²) in [5.41, 5.74) is 9.21. The van der Waals surface area contributed by atoms with Gasteiger partial charge in [-0.25, -0.2) is 9.78 Å². The molecular formula is C24H20N4O4S. The second-order valence-corrected chi connectivity index (χ2v) is 8.36. The zero-order valence-corrected chi connectivity index (χ0v) is 18.9. The van der Waals surface area contributed by atoms with Crippen LogP contribution >= 0.6 is 11.3 Å². The molecule has 0 unspecified atom stereocenters. The number of ether oxygens (including phenoxy) is 1. The largest absolute Gasteiger partial charge is 0.465 e. The summed E-state index contributed by atoms with van der Waals surface area (Å²) in [6.45, 7) is 3.51. The third kappa shape index (κ3) is 4.06. The Bertz CT molecular complexity index is 1410. The molecule has 33 heavy (non-hydrogen) atoms. The number of aryl methyl sites for hydroxylation is 1. The highest BCUT2D eigenvalue weighted by Gasteiger charge is 2.26. The number of pyridine rings is 2. The molecule has 0 saturated carbocycles. The third-order valence-corrected chi connectivity index (χ3v) is 6.45. The smallest absolute Gasteiger partial charge is 0.341 e. The Labute approximate surface area is 193 Å². The van der Waals surface area contributed by atoms with Gasteiger partial charge in [0.15, 0.2) is 0 Å². The van der Waals surface area contributed by atoms with Gasteiger partial charge >= 0.3 is 5.97 Å². The van der Waals surface area contributed by atoms with E-state index < -0.39 is 17.8 Å². The number of anilines is 1. The molecule has 0 aliphatic rings. The molecule has 0 aliphatic carbocycles. The summed E-state index contributed by atoms with van der Waals surface area (Å²) >= 11 is 0.937. The van der Waals surface area contributed by atoms with Crippen molar-refractivity contribution in [1.82, 2.24) is 9.97 Å². The van der Waals surface area contributed by atoms with E-state index in [9.17, 15) is 14.4 Å². The van der Waals surface area contributed by atoms with Gasteiger partial charge in [-0.3, -0.25) is 14.6 Å². The normalized spacial score (nSPS) is 10.8. The number of benzene rings is 1. The molecule has 0 fully saturated rings. The minimum absolute atomic E-state index is 0.103. The van der Waals surface area contributed by atoms with E-state index in [1.807, 2.05) is 31.2 Å². The first-order valence-corrected chi connectivity index (χ1v) is 10.8. The van der Waals surface area contributed by atoms with Crippen LogP contribution in [-0.2, 0) is 4.74 Å². The van der Waals surface area contributed by atoms with Crippen molar-refractivity contribution in [3.8, 4) is 11.3 Å². The number of hydrogen-bond donors (Lipinski definition) is 2. The van der Waals surface area contributed by atoms with Gasteiger partial charge in [-0.05, 0) is 43.2 Å². The number of hydrogen-bond acceptors (Lipinski definition) is 7. The Morgan fingerprint density at radius 2 is 1.91 bits per heavy atom. The summed E-state index contributed by atoms with van der Waals surface area (Å²) in [5.74, 6) is -1.81. The Morgan fingerprint density at radius 3 is 2.58 bits per heavy atom. The van der Waals surface area contributed by atoms with E-state index in [0.29, 0.717) is 27.7 Å². The van der Waals surface area contributed by atoms with Crippen LogP contribution < -0.4 is 11.1 Å². The number of carbonyl (C=O) groups is 3. The van der Waals surface area contributed by atoms with Crippen molar-refractivity contribution in [2.24, 2.45) is 5.73 Å². The monoisotopic (exact) mass is 460 g/mol. The molecule has 4 rings (SSSR count). The van der Waals surface area contributed by atoms with Crippen LogP contribution in [0.3, 0.4) is 0 Å². The van der Waals surface area contributed by atoms with Gasteiger partial charge in [-0.1, -0.05) is 18.2 Å². The zero-order valence-electron chi connectivity index (χ0n) is 18.1. The molecule has 166 valence electrons. The number of thiophene rings is 1. The van der Waals surface area contributed by atoms with Crippen LogP contribution in [0.2, 0.25) is 0 Å². The standard InChI is InChI=1S/C24H20N4O4S/c1-12-6-4-8-15-16(10-17(27-19(12)15)14-7-5-9-26-11-14)22(30)28-23-18(24(31)32-3)13(2)20(33-23)21(25)29/h4-11H,1-3H3,(H2,25,29)(H,28,30). The van der Waals surface area contributed by atoms with Gasteiger partial charge in [0, 0.05) is 23.3 Å².